The molecule has 0 N–H and O–H groups in total. The van der Waals surface area contributed by atoms with Crippen molar-refractivity contribution in [1.82, 2.24) is 4.90 Å². The summed E-state index contributed by atoms with van der Waals surface area (Å²) >= 11 is 0. The van der Waals surface area contributed by atoms with Crippen LogP contribution < -0.4 is 23.7 Å². The van der Waals surface area contributed by atoms with E-state index in [0.717, 1.165) is 22.4 Å². The lowest BCUT2D eigenvalue weighted by molar-refractivity contribution is -0.131. The first-order chi connectivity index (χ1) is 13.6. The predicted molar refractivity (Wildman–Crippen MR) is 102 cm³/mol. The molecule has 2 aliphatic rings. The molecule has 0 bridgehead atoms. The number of hydrogen-bond donors (Lipinski definition) is 0. The molecule has 0 radical (unpaired) electrons. The SMILES string of the molecule is COc1cc(C2C(=O)N(C)Cc3cc4c(cc32)OCCO4)cc(OC)c1OC. The molecule has 148 valence electrons. The molecule has 28 heavy (non-hydrogen) atoms. The number of methoxy groups -OCH3 is 3. The van der Waals surface area contributed by atoms with Gasteiger partial charge in [-0.25, -0.2) is 0 Å². The average Bonchev–Trinajstić information content (AvgIpc) is 2.72. The highest BCUT2D eigenvalue weighted by molar-refractivity contribution is 5.90. The molecule has 2 aromatic rings. The van der Waals surface area contributed by atoms with Crippen LogP contribution in [-0.2, 0) is 11.3 Å². The second-order valence-corrected chi connectivity index (χ2v) is 6.78. The van der Waals surface area contributed by atoms with E-state index in [1.165, 1.54) is 0 Å². The summed E-state index contributed by atoms with van der Waals surface area (Å²) in [7, 11) is 6.47. The molecular formula is C21H23NO6. The maximum atomic E-state index is 13.2. The van der Waals surface area contributed by atoms with Crippen LogP contribution in [0.4, 0.5) is 0 Å². The molecule has 1 amide bonds. The van der Waals surface area contributed by atoms with Crippen LogP contribution in [-0.4, -0.2) is 52.4 Å². The van der Waals surface area contributed by atoms with Gasteiger partial charge in [-0.1, -0.05) is 0 Å². The number of carbonyl (C=O) groups is 1. The highest BCUT2D eigenvalue weighted by Gasteiger charge is 2.35. The Balaban J connectivity index is 1.89. The van der Waals surface area contributed by atoms with Gasteiger partial charge in [-0.2, -0.15) is 0 Å². The molecule has 1 atom stereocenters. The Bertz CT molecular complexity index is 900. The maximum Gasteiger partial charge on any atom is 0.234 e. The summed E-state index contributed by atoms with van der Waals surface area (Å²) in [4.78, 5) is 14.9. The summed E-state index contributed by atoms with van der Waals surface area (Å²) in [5.41, 5.74) is 2.70. The van der Waals surface area contributed by atoms with Gasteiger partial charge in [0.05, 0.1) is 27.2 Å². The summed E-state index contributed by atoms with van der Waals surface area (Å²) in [6.45, 7) is 1.54. The van der Waals surface area contributed by atoms with Crippen molar-refractivity contribution in [3.63, 3.8) is 0 Å². The van der Waals surface area contributed by atoms with Gasteiger partial charge in [-0.3, -0.25) is 4.79 Å². The van der Waals surface area contributed by atoms with Gasteiger partial charge in [0.25, 0.3) is 0 Å². The number of hydrogen-bond acceptors (Lipinski definition) is 6. The lowest BCUT2D eigenvalue weighted by atomic mass is 9.83. The van der Waals surface area contributed by atoms with Crippen LogP contribution in [0, 0.1) is 0 Å². The fraction of sp³-hybridized carbons (Fsp3) is 0.381. The lowest BCUT2D eigenvalue weighted by Gasteiger charge is -2.33. The van der Waals surface area contributed by atoms with Crippen LogP contribution in [0.1, 0.15) is 22.6 Å². The van der Waals surface area contributed by atoms with Crippen molar-refractivity contribution in [2.75, 3.05) is 41.6 Å². The Kier molecular flexibility index (Phi) is 4.66. The first kappa shape index (κ1) is 18.3. The summed E-state index contributed by atoms with van der Waals surface area (Å²) in [6, 6.07) is 7.54. The first-order valence-corrected chi connectivity index (χ1v) is 9.04. The van der Waals surface area contributed by atoms with E-state index in [-0.39, 0.29) is 5.91 Å². The van der Waals surface area contributed by atoms with Crippen LogP contribution in [0.3, 0.4) is 0 Å². The summed E-state index contributed by atoms with van der Waals surface area (Å²) < 4.78 is 27.8. The van der Waals surface area contributed by atoms with Crippen LogP contribution in [0.15, 0.2) is 24.3 Å². The minimum Gasteiger partial charge on any atom is -0.493 e. The summed E-state index contributed by atoms with van der Waals surface area (Å²) in [6.07, 6.45) is 0. The van der Waals surface area contributed by atoms with Crippen molar-refractivity contribution in [2.45, 2.75) is 12.5 Å². The van der Waals surface area contributed by atoms with Crippen molar-refractivity contribution < 1.29 is 28.5 Å². The summed E-state index contributed by atoms with van der Waals surface area (Å²) in [5.74, 6) is 2.40. The van der Waals surface area contributed by atoms with E-state index in [9.17, 15) is 4.79 Å². The number of nitrogens with zero attached hydrogens (tertiary/aromatic N) is 1. The Morgan fingerprint density at radius 2 is 1.54 bits per heavy atom. The summed E-state index contributed by atoms with van der Waals surface area (Å²) in [5, 5.41) is 0. The third kappa shape index (κ3) is 2.87. The normalized spacial score (nSPS) is 17.8. The van der Waals surface area contributed by atoms with Gasteiger partial charge in [0.1, 0.15) is 13.2 Å². The Labute approximate surface area is 163 Å². The molecule has 0 aliphatic carbocycles. The molecule has 2 heterocycles. The number of benzene rings is 2. The van der Waals surface area contributed by atoms with Crippen LogP contribution in [0.5, 0.6) is 28.7 Å². The Hall–Kier alpha value is -3.09. The predicted octanol–water partition coefficient (Wildman–Crippen LogP) is 2.59. The van der Waals surface area contributed by atoms with Gasteiger partial charge < -0.3 is 28.6 Å². The van der Waals surface area contributed by atoms with E-state index >= 15 is 0 Å². The zero-order chi connectivity index (χ0) is 19.8. The van der Waals surface area contributed by atoms with Crippen molar-refractivity contribution in [3.05, 3.63) is 41.0 Å². The van der Waals surface area contributed by atoms with E-state index in [1.54, 1.807) is 33.3 Å². The molecule has 4 rings (SSSR count). The molecular weight excluding hydrogens is 362 g/mol. The second-order valence-electron chi connectivity index (χ2n) is 6.78. The van der Waals surface area contributed by atoms with Gasteiger partial charge in [-0.15, -0.1) is 0 Å². The number of likely N-dealkylation sites (N-methyl/N-ethyl adjacent to an activating group) is 1. The molecule has 0 saturated carbocycles. The van der Waals surface area contributed by atoms with Crippen LogP contribution >= 0.6 is 0 Å². The molecule has 7 heteroatoms. The third-order valence-electron chi connectivity index (χ3n) is 5.17. The van der Waals surface area contributed by atoms with Gasteiger partial charge in [0.2, 0.25) is 11.7 Å². The first-order valence-electron chi connectivity index (χ1n) is 9.04. The van der Waals surface area contributed by atoms with Gasteiger partial charge in [-0.05, 0) is 41.0 Å². The highest BCUT2D eigenvalue weighted by Crippen LogP contribution is 2.45. The highest BCUT2D eigenvalue weighted by atomic mass is 16.6. The molecule has 2 aliphatic heterocycles. The lowest BCUT2D eigenvalue weighted by Crippen LogP contribution is -2.37. The molecule has 1 unspecified atom stereocenters. The minimum absolute atomic E-state index is 0.00143. The van der Waals surface area contributed by atoms with E-state index in [0.29, 0.717) is 42.8 Å². The van der Waals surface area contributed by atoms with Gasteiger partial charge in [0, 0.05) is 13.6 Å². The topological polar surface area (TPSA) is 66.5 Å². The van der Waals surface area contributed by atoms with Crippen LogP contribution in [0.2, 0.25) is 0 Å². The molecule has 0 fully saturated rings. The smallest absolute Gasteiger partial charge is 0.234 e. The fourth-order valence-corrected chi connectivity index (χ4v) is 3.83. The number of rotatable bonds is 4. The van der Waals surface area contributed by atoms with Gasteiger partial charge >= 0.3 is 0 Å². The largest absolute Gasteiger partial charge is 0.493 e. The molecule has 2 aromatic carbocycles. The molecule has 7 nitrogen and oxygen atoms in total. The number of amides is 1. The fourth-order valence-electron chi connectivity index (χ4n) is 3.83. The van der Waals surface area contributed by atoms with E-state index in [2.05, 4.69) is 0 Å². The Morgan fingerprint density at radius 3 is 2.11 bits per heavy atom. The van der Waals surface area contributed by atoms with E-state index in [1.807, 2.05) is 24.3 Å². The van der Waals surface area contributed by atoms with Crippen molar-refractivity contribution in [1.29, 1.82) is 0 Å². The zero-order valence-electron chi connectivity index (χ0n) is 16.4. The molecule has 0 aromatic heterocycles. The number of carbonyl (C=O) groups excluding carboxylic acids is 1. The minimum atomic E-state index is -0.502. The quantitative estimate of drug-likeness (QED) is 0.806. The maximum absolute atomic E-state index is 13.2. The van der Waals surface area contributed by atoms with E-state index < -0.39 is 5.92 Å². The Morgan fingerprint density at radius 1 is 0.929 bits per heavy atom. The molecule has 0 saturated heterocycles. The van der Waals surface area contributed by atoms with Crippen molar-refractivity contribution in [3.8, 4) is 28.7 Å². The standard InChI is InChI=1S/C21H23NO6/c1-22-11-13-9-15-16(28-6-5-27-15)10-14(13)19(21(22)23)12-7-17(24-2)20(26-4)18(8-12)25-3/h7-10,19H,5-6,11H2,1-4H3. The monoisotopic (exact) mass is 385 g/mol. The second kappa shape index (κ2) is 7.14. The number of ether oxygens (including phenoxy) is 5. The van der Waals surface area contributed by atoms with Crippen molar-refractivity contribution >= 4 is 5.91 Å². The van der Waals surface area contributed by atoms with Crippen molar-refractivity contribution in [2.24, 2.45) is 0 Å². The van der Waals surface area contributed by atoms with Gasteiger partial charge in [0.15, 0.2) is 23.0 Å². The van der Waals surface area contributed by atoms with Crippen LogP contribution in [0.25, 0.3) is 0 Å². The molecule has 0 spiro atoms. The number of fused-ring (bicyclic) bond motifs is 2. The average molecular weight is 385 g/mol. The van der Waals surface area contributed by atoms with E-state index in [4.69, 9.17) is 23.7 Å². The zero-order valence-corrected chi connectivity index (χ0v) is 16.4. The third-order valence-corrected chi connectivity index (χ3v) is 5.17.